The van der Waals surface area contributed by atoms with Crippen LogP contribution in [0.1, 0.15) is 25.1 Å². The van der Waals surface area contributed by atoms with E-state index in [9.17, 15) is 4.79 Å². The van der Waals surface area contributed by atoms with E-state index in [1.54, 1.807) is 0 Å². The van der Waals surface area contributed by atoms with Crippen molar-refractivity contribution in [3.8, 4) is 0 Å². The maximum Gasteiger partial charge on any atom is 0.194 e. The summed E-state index contributed by atoms with van der Waals surface area (Å²) in [4.78, 5) is 24.0. The van der Waals surface area contributed by atoms with Crippen molar-refractivity contribution in [2.75, 3.05) is 49.1 Å². The number of piperazine rings is 1. The first-order chi connectivity index (χ1) is 14.6. The number of benzene rings is 2. The summed E-state index contributed by atoms with van der Waals surface area (Å²) in [6.07, 6.45) is 0. The molecule has 1 fully saturated rings. The highest BCUT2D eigenvalue weighted by molar-refractivity contribution is 5.83. The second-order valence-corrected chi connectivity index (χ2v) is 8.06. The van der Waals surface area contributed by atoms with Gasteiger partial charge in [0.25, 0.3) is 0 Å². The van der Waals surface area contributed by atoms with E-state index < -0.39 is 0 Å². The Morgan fingerprint density at radius 1 is 0.967 bits per heavy atom. The predicted molar refractivity (Wildman–Crippen MR) is 127 cm³/mol. The highest BCUT2D eigenvalue weighted by atomic mass is 16.1. The summed E-state index contributed by atoms with van der Waals surface area (Å²) in [5.74, 6) is 0. The number of nitrogens with zero attached hydrogens (tertiary/aromatic N) is 3. The first-order valence-electron chi connectivity index (χ1n) is 11.0. The van der Waals surface area contributed by atoms with Crippen molar-refractivity contribution >= 4 is 22.3 Å². The lowest BCUT2D eigenvalue weighted by Crippen LogP contribution is -2.46. The largest absolute Gasteiger partial charge is 0.372 e. The zero-order valence-electron chi connectivity index (χ0n) is 18.3. The van der Waals surface area contributed by atoms with Gasteiger partial charge in [-0.05, 0) is 51.1 Å². The van der Waals surface area contributed by atoms with E-state index in [1.807, 2.05) is 13.0 Å². The monoisotopic (exact) mass is 404 g/mol. The van der Waals surface area contributed by atoms with Crippen LogP contribution in [0, 0.1) is 6.92 Å². The minimum atomic E-state index is 0.167. The molecule has 0 atom stereocenters. The number of aromatic nitrogens is 1. The Bertz CT molecular complexity index is 1050. The van der Waals surface area contributed by atoms with Crippen LogP contribution in [0.2, 0.25) is 0 Å². The number of aryl methyl sites for hydroxylation is 1. The van der Waals surface area contributed by atoms with Crippen LogP contribution >= 0.6 is 0 Å². The smallest absolute Gasteiger partial charge is 0.194 e. The van der Waals surface area contributed by atoms with Gasteiger partial charge in [-0.15, -0.1) is 0 Å². The lowest BCUT2D eigenvalue weighted by atomic mass is 10.1. The molecule has 158 valence electrons. The Morgan fingerprint density at radius 2 is 1.67 bits per heavy atom. The molecule has 0 unspecified atom stereocenters. The number of hydrogen-bond acceptors (Lipinski definition) is 4. The number of pyridine rings is 1. The van der Waals surface area contributed by atoms with Gasteiger partial charge in [0.15, 0.2) is 5.43 Å². The van der Waals surface area contributed by atoms with Crippen molar-refractivity contribution < 1.29 is 0 Å². The van der Waals surface area contributed by atoms with Crippen LogP contribution in [0.4, 0.5) is 11.4 Å². The first kappa shape index (κ1) is 20.5. The van der Waals surface area contributed by atoms with Crippen LogP contribution in [0.25, 0.3) is 10.9 Å². The van der Waals surface area contributed by atoms with E-state index >= 15 is 0 Å². The zero-order valence-corrected chi connectivity index (χ0v) is 18.3. The summed E-state index contributed by atoms with van der Waals surface area (Å²) in [7, 11) is 0. The highest BCUT2D eigenvalue weighted by Crippen LogP contribution is 2.21. The highest BCUT2D eigenvalue weighted by Gasteiger charge is 2.20. The maximum atomic E-state index is 13.4. The van der Waals surface area contributed by atoms with Gasteiger partial charge in [-0.2, -0.15) is 0 Å². The molecular formula is C25H32N4O. The van der Waals surface area contributed by atoms with Crippen LogP contribution < -0.4 is 15.2 Å². The molecule has 0 aliphatic carbocycles. The van der Waals surface area contributed by atoms with Gasteiger partial charge in [0, 0.05) is 79.3 Å². The molecule has 1 aromatic heterocycles. The average Bonchev–Trinajstić information content (AvgIpc) is 2.79. The van der Waals surface area contributed by atoms with Gasteiger partial charge in [-0.3, -0.25) is 9.69 Å². The van der Waals surface area contributed by atoms with Gasteiger partial charge in [-0.1, -0.05) is 18.2 Å². The lowest BCUT2D eigenvalue weighted by molar-refractivity contribution is 0.248. The Labute approximate surface area is 178 Å². The van der Waals surface area contributed by atoms with Crippen LogP contribution in [-0.2, 0) is 6.54 Å². The van der Waals surface area contributed by atoms with Crippen LogP contribution in [0.3, 0.4) is 0 Å². The Hall–Kier alpha value is -2.79. The molecule has 1 saturated heterocycles. The molecule has 2 heterocycles. The maximum absolute atomic E-state index is 13.4. The minimum Gasteiger partial charge on any atom is -0.372 e. The standard InChI is InChI=1S/C25H32N4O/c1-4-28(5-2)21-11-12-24-22(17-21)25(30)23(19(3)26-24)18-27-13-15-29(16-14-27)20-9-7-6-8-10-20/h6-12,17H,4-5,13-16,18H2,1-3H3,(H,26,30). The van der Waals surface area contributed by atoms with E-state index in [2.05, 4.69) is 76.0 Å². The molecule has 5 nitrogen and oxygen atoms in total. The van der Waals surface area contributed by atoms with Crippen molar-refractivity contribution in [3.05, 3.63) is 70.0 Å². The third kappa shape index (κ3) is 4.08. The summed E-state index contributed by atoms with van der Waals surface area (Å²) in [6.45, 7) is 12.8. The van der Waals surface area contributed by atoms with Gasteiger partial charge >= 0.3 is 0 Å². The molecule has 0 amide bonds. The molecule has 0 bridgehead atoms. The van der Waals surface area contributed by atoms with Gasteiger partial charge in [-0.25, -0.2) is 0 Å². The molecule has 1 aliphatic rings. The summed E-state index contributed by atoms with van der Waals surface area (Å²) in [5.41, 5.74) is 5.36. The number of rotatable bonds is 6. The van der Waals surface area contributed by atoms with Gasteiger partial charge < -0.3 is 14.8 Å². The molecule has 0 saturated carbocycles. The van der Waals surface area contributed by atoms with E-state index in [4.69, 9.17) is 0 Å². The fraction of sp³-hybridized carbons (Fsp3) is 0.400. The van der Waals surface area contributed by atoms with E-state index in [-0.39, 0.29) is 5.43 Å². The van der Waals surface area contributed by atoms with Crippen molar-refractivity contribution in [2.45, 2.75) is 27.3 Å². The molecule has 2 aromatic carbocycles. The number of anilines is 2. The Balaban J connectivity index is 1.55. The normalized spacial score (nSPS) is 15.0. The van der Waals surface area contributed by atoms with Gasteiger partial charge in [0.2, 0.25) is 0 Å². The summed E-state index contributed by atoms with van der Waals surface area (Å²) in [5, 5.41) is 0.794. The molecule has 4 rings (SSSR count). The number of fused-ring (bicyclic) bond motifs is 1. The zero-order chi connectivity index (χ0) is 21.1. The fourth-order valence-corrected chi connectivity index (χ4v) is 4.44. The second-order valence-electron chi connectivity index (χ2n) is 8.06. The molecule has 5 heteroatoms. The van der Waals surface area contributed by atoms with Crippen LogP contribution in [-0.4, -0.2) is 49.2 Å². The summed E-state index contributed by atoms with van der Waals surface area (Å²) < 4.78 is 0. The quantitative estimate of drug-likeness (QED) is 0.674. The molecule has 0 spiro atoms. The van der Waals surface area contributed by atoms with E-state index in [0.29, 0.717) is 6.54 Å². The number of hydrogen-bond donors (Lipinski definition) is 1. The van der Waals surface area contributed by atoms with Crippen molar-refractivity contribution in [1.82, 2.24) is 9.88 Å². The van der Waals surface area contributed by atoms with Crippen LogP contribution in [0.15, 0.2) is 53.3 Å². The number of para-hydroxylation sites is 1. The predicted octanol–water partition coefficient (Wildman–Crippen LogP) is 4.00. The Morgan fingerprint density at radius 3 is 2.33 bits per heavy atom. The number of H-pyrrole nitrogens is 1. The SMILES string of the molecule is CCN(CC)c1ccc2[nH]c(C)c(CN3CCN(c4ccccc4)CC3)c(=O)c2c1. The third-order valence-electron chi connectivity index (χ3n) is 6.30. The second kappa shape index (κ2) is 8.92. The fourth-order valence-electron chi connectivity index (χ4n) is 4.44. The molecular weight excluding hydrogens is 372 g/mol. The minimum absolute atomic E-state index is 0.167. The summed E-state index contributed by atoms with van der Waals surface area (Å²) >= 11 is 0. The van der Waals surface area contributed by atoms with Gasteiger partial charge in [0.05, 0.1) is 0 Å². The Kier molecular flexibility index (Phi) is 6.09. The lowest BCUT2D eigenvalue weighted by Gasteiger charge is -2.36. The summed E-state index contributed by atoms with van der Waals surface area (Å²) in [6, 6.07) is 16.8. The van der Waals surface area contributed by atoms with Crippen LogP contribution in [0.5, 0.6) is 0 Å². The molecule has 1 aliphatic heterocycles. The molecule has 3 aromatic rings. The molecule has 30 heavy (non-hydrogen) atoms. The van der Waals surface area contributed by atoms with Gasteiger partial charge in [0.1, 0.15) is 0 Å². The van der Waals surface area contributed by atoms with Crippen molar-refractivity contribution in [1.29, 1.82) is 0 Å². The van der Waals surface area contributed by atoms with Crippen molar-refractivity contribution in [3.63, 3.8) is 0 Å². The molecule has 1 N–H and O–H groups in total. The number of nitrogens with one attached hydrogen (secondary N) is 1. The number of aromatic amines is 1. The van der Waals surface area contributed by atoms with Crippen molar-refractivity contribution in [2.24, 2.45) is 0 Å². The average molecular weight is 405 g/mol. The van der Waals surface area contributed by atoms with E-state index in [1.165, 1.54) is 5.69 Å². The first-order valence-corrected chi connectivity index (χ1v) is 11.0. The topological polar surface area (TPSA) is 42.6 Å². The third-order valence-corrected chi connectivity index (χ3v) is 6.30. The molecule has 0 radical (unpaired) electrons. The van der Waals surface area contributed by atoms with E-state index in [0.717, 1.165) is 67.1 Å².